The molecule has 0 N–H and O–H groups in total. The van der Waals surface area contributed by atoms with Crippen molar-refractivity contribution >= 4 is 22.6 Å². The fourth-order valence-electron chi connectivity index (χ4n) is 4.56. The molecule has 1 aliphatic rings. The molecule has 1 saturated heterocycles. The van der Waals surface area contributed by atoms with Gasteiger partial charge in [0.05, 0.1) is 16.7 Å². The summed E-state index contributed by atoms with van der Waals surface area (Å²) in [5.74, 6) is 0.890. The van der Waals surface area contributed by atoms with Crippen molar-refractivity contribution < 1.29 is 9.18 Å². The van der Waals surface area contributed by atoms with Crippen LogP contribution in [-0.2, 0) is 17.8 Å². The minimum Gasteiger partial charge on any atom is -0.366 e. The molecule has 3 aromatic carbocycles. The lowest BCUT2D eigenvalue weighted by atomic mass is 10.1. The van der Waals surface area contributed by atoms with E-state index in [1.165, 1.54) is 11.6 Å². The number of halogens is 1. The van der Waals surface area contributed by atoms with Crippen LogP contribution in [0, 0.1) is 5.82 Å². The summed E-state index contributed by atoms with van der Waals surface area (Å²) in [6.07, 6.45) is 1.15. The standard InChI is InChI=1S/C27H27FN4O/c28-22-10-4-6-12-24(22)30-16-18-31(19-17-30)27(33)14-15-32-25-13-7-5-11-23(25)29-26(32)20-21-8-2-1-3-9-21/h1-13H,14-20H2. The van der Waals surface area contributed by atoms with Gasteiger partial charge in [-0.3, -0.25) is 4.79 Å². The molecule has 1 fully saturated rings. The van der Waals surface area contributed by atoms with E-state index in [0.717, 1.165) is 23.3 Å². The second-order valence-corrected chi connectivity index (χ2v) is 8.40. The van der Waals surface area contributed by atoms with Gasteiger partial charge in [0.25, 0.3) is 0 Å². The van der Waals surface area contributed by atoms with Crippen molar-refractivity contribution in [3.05, 3.63) is 96.1 Å². The normalized spacial score (nSPS) is 14.1. The molecule has 0 bridgehead atoms. The number of benzene rings is 3. The largest absolute Gasteiger partial charge is 0.366 e. The number of carbonyl (C=O) groups excluding carboxylic acids is 1. The van der Waals surface area contributed by atoms with Gasteiger partial charge in [-0.2, -0.15) is 0 Å². The van der Waals surface area contributed by atoms with Gasteiger partial charge in [0, 0.05) is 45.6 Å². The number of nitrogens with zero attached hydrogens (tertiary/aromatic N) is 4. The van der Waals surface area contributed by atoms with Gasteiger partial charge >= 0.3 is 0 Å². The lowest BCUT2D eigenvalue weighted by Crippen LogP contribution is -2.49. The van der Waals surface area contributed by atoms with E-state index in [9.17, 15) is 9.18 Å². The van der Waals surface area contributed by atoms with E-state index in [-0.39, 0.29) is 11.7 Å². The molecule has 0 radical (unpaired) electrons. The van der Waals surface area contributed by atoms with Gasteiger partial charge in [0.1, 0.15) is 11.6 Å². The van der Waals surface area contributed by atoms with Crippen molar-refractivity contribution in [2.24, 2.45) is 0 Å². The van der Waals surface area contributed by atoms with E-state index in [0.29, 0.717) is 44.8 Å². The maximum atomic E-state index is 14.1. The first-order chi connectivity index (χ1) is 16.2. The molecule has 0 spiro atoms. The van der Waals surface area contributed by atoms with Crippen molar-refractivity contribution in [2.45, 2.75) is 19.4 Å². The Morgan fingerprint density at radius 2 is 1.55 bits per heavy atom. The lowest BCUT2D eigenvalue weighted by Gasteiger charge is -2.36. The minimum atomic E-state index is -0.213. The van der Waals surface area contributed by atoms with Gasteiger partial charge in [0.15, 0.2) is 0 Å². The summed E-state index contributed by atoms with van der Waals surface area (Å²) in [6, 6.07) is 25.2. The summed E-state index contributed by atoms with van der Waals surface area (Å²) < 4.78 is 16.3. The molecule has 4 aromatic rings. The Balaban J connectivity index is 1.26. The Kier molecular flexibility index (Phi) is 6.07. The number of piperazine rings is 1. The highest BCUT2D eigenvalue weighted by atomic mass is 19.1. The number of anilines is 1. The number of fused-ring (bicyclic) bond motifs is 1. The maximum Gasteiger partial charge on any atom is 0.224 e. The van der Waals surface area contributed by atoms with Crippen LogP contribution in [0.3, 0.4) is 0 Å². The monoisotopic (exact) mass is 442 g/mol. The highest BCUT2D eigenvalue weighted by Gasteiger charge is 2.23. The smallest absolute Gasteiger partial charge is 0.224 e. The van der Waals surface area contributed by atoms with E-state index >= 15 is 0 Å². The van der Waals surface area contributed by atoms with Crippen molar-refractivity contribution in [1.29, 1.82) is 0 Å². The minimum absolute atomic E-state index is 0.131. The molecule has 0 unspecified atom stereocenters. The first kappa shape index (κ1) is 21.2. The Morgan fingerprint density at radius 1 is 0.848 bits per heavy atom. The molecule has 2 heterocycles. The maximum absolute atomic E-state index is 14.1. The highest BCUT2D eigenvalue weighted by Crippen LogP contribution is 2.22. The summed E-state index contributed by atoms with van der Waals surface area (Å²) >= 11 is 0. The van der Waals surface area contributed by atoms with E-state index in [4.69, 9.17) is 4.98 Å². The molecule has 5 rings (SSSR count). The number of rotatable bonds is 6. The van der Waals surface area contributed by atoms with Crippen molar-refractivity contribution in [3.8, 4) is 0 Å². The molecule has 168 valence electrons. The number of imidazole rings is 1. The predicted molar refractivity (Wildman–Crippen MR) is 129 cm³/mol. The Hall–Kier alpha value is -3.67. The van der Waals surface area contributed by atoms with Crippen molar-refractivity contribution in [3.63, 3.8) is 0 Å². The molecule has 0 saturated carbocycles. The molecule has 0 aliphatic carbocycles. The third-order valence-electron chi connectivity index (χ3n) is 6.31. The quantitative estimate of drug-likeness (QED) is 0.441. The molecule has 1 aromatic heterocycles. The molecule has 5 nitrogen and oxygen atoms in total. The van der Waals surface area contributed by atoms with Crippen molar-refractivity contribution in [2.75, 3.05) is 31.1 Å². The molecular weight excluding hydrogens is 415 g/mol. The number of hydrogen-bond acceptors (Lipinski definition) is 3. The second kappa shape index (κ2) is 9.45. The first-order valence-corrected chi connectivity index (χ1v) is 11.4. The zero-order valence-electron chi connectivity index (χ0n) is 18.5. The Bertz CT molecular complexity index is 1250. The van der Waals surface area contributed by atoms with Crippen LogP contribution in [0.15, 0.2) is 78.9 Å². The topological polar surface area (TPSA) is 41.4 Å². The van der Waals surface area contributed by atoms with E-state index in [2.05, 4.69) is 22.8 Å². The lowest BCUT2D eigenvalue weighted by molar-refractivity contribution is -0.131. The van der Waals surface area contributed by atoms with Crippen LogP contribution in [0.5, 0.6) is 0 Å². The van der Waals surface area contributed by atoms with Crippen LogP contribution in [-0.4, -0.2) is 46.5 Å². The van der Waals surface area contributed by atoms with Crippen LogP contribution >= 0.6 is 0 Å². The SMILES string of the molecule is O=C(CCn1c(Cc2ccccc2)nc2ccccc21)N1CCN(c2ccccc2F)CC1. The third-order valence-corrected chi connectivity index (χ3v) is 6.31. The average molecular weight is 443 g/mol. The zero-order valence-corrected chi connectivity index (χ0v) is 18.5. The third kappa shape index (κ3) is 4.60. The van der Waals surface area contributed by atoms with Crippen molar-refractivity contribution in [1.82, 2.24) is 14.5 Å². The molecule has 1 aliphatic heterocycles. The highest BCUT2D eigenvalue weighted by molar-refractivity contribution is 5.78. The van der Waals surface area contributed by atoms with Gasteiger partial charge in [-0.25, -0.2) is 9.37 Å². The van der Waals surface area contributed by atoms with E-state index in [1.807, 2.05) is 52.3 Å². The van der Waals surface area contributed by atoms with Gasteiger partial charge in [-0.05, 0) is 29.8 Å². The fraction of sp³-hybridized carbons (Fsp3) is 0.259. The number of aryl methyl sites for hydroxylation is 1. The van der Waals surface area contributed by atoms with Crippen LogP contribution < -0.4 is 4.90 Å². The molecule has 33 heavy (non-hydrogen) atoms. The van der Waals surface area contributed by atoms with E-state index in [1.54, 1.807) is 12.1 Å². The summed E-state index contributed by atoms with van der Waals surface area (Å²) in [5.41, 5.74) is 3.82. The first-order valence-electron chi connectivity index (χ1n) is 11.4. The number of amides is 1. The molecule has 0 atom stereocenters. The van der Waals surface area contributed by atoms with Gasteiger partial charge in [-0.15, -0.1) is 0 Å². The molecule has 1 amide bonds. The summed E-state index contributed by atoms with van der Waals surface area (Å²) in [5, 5.41) is 0. The Morgan fingerprint density at radius 3 is 2.33 bits per heavy atom. The van der Waals surface area contributed by atoms with Crippen LogP contribution in [0.2, 0.25) is 0 Å². The fourth-order valence-corrected chi connectivity index (χ4v) is 4.56. The number of aromatic nitrogens is 2. The summed E-state index contributed by atoms with van der Waals surface area (Å²) in [4.78, 5) is 21.8. The predicted octanol–water partition coefficient (Wildman–Crippen LogP) is 4.51. The summed E-state index contributed by atoms with van der Waals surface area (Å²) in [6.45, 7) is 3.08. The average Bonchev–Trinajstić information content (AvgIpc) is 3.20. The van der Waals surface area contributed by atoms with Crippen LogP contribution in [0.4, 0.5) is 10.1 Å². The van der Waals surface area contributed by atoms with Gasteiger partial charge in [0.2, 0.25) is 5.91 Å². The molecule has 6 heteroatoms. The van der Waals surface area contributed by atoms with Gasteiger partial charge < -0.3 is 14.4 Å². The van der Waals surface area contributed by atoms with E-state index < -0.39 is 0 Å². The number of para-hydroxylation sites is 3. The van der Waals surface area contributed by atoms with Gasteiger partial charge in [-0.1, -0.05) is 54.6 Å². The number of hydrogen-bond donors (Lipinski definition) is 0. The Labute approximate surface area is 193 Å². The number of carbonyl (C=O) groups is 1. The zero-order chi connectivity index (χ0) is 22.6. The molecular formula is C27H27FN4O. The second-order valence-electron chi connectivity index (χ2n) is 8.40. The van der Waals surface area contributed by atoms with Crippen LogP contribution in [0.1, 0.15) is 17.8 Å². The summed E-state index contributed by atoms with van der Waals surface area (Å²) in [7, 11) is 0. The van der Waals surface area contributed by atoms with Crippen LogP contribution in [0.25, 0.3) is 11.0 Å².